The van der Waals surface area contributed by atoms with Crippen LogP contribution in [-0.2, 0) is 0 Å². The first-order chi connectivity index (χ1) is 13.1. The maximum Gasteiger partial charge on any atom is 0.305 e. The number of halogens is 1. The molecule has 1 aromatic rings. The number of nitrogens with zero attached hydrogens (tertiary/aromatic N) is 1. The van der Waals surface area contributed by atoms with E-state index < -0.39 is 10.7 Å². The average molecular weight is 376 g/mol. The van der Waals surface area contributed by atoms with Crippen molar-refractivity contribution >= 4 is 5.69 Å². The van der Waals surface area contributed by atoms with Gasteiger partial charge in [0.1, 0.15) is 0 Å². The van der Waals surface area contributed by atoms with Crippen molar-refractivity contribution in [1.29, 1.82) is 0 Å². The van der Waals surface area contributed by atoms with Crippen LogP contribution < -0.4 is 0 Å². The minimum atomic E-state index is -0.616. The quantitative estimate of drug-likeness (QED) is 0.368. The van der Waals surface area contributed by atoms with Crippen molar-refractivity contribution in [3.05, 3.63) is 39.7 Å². The third-order valence-corrected chi connectivity index (χ3v) is 7.14. The molecular weight excluding hydrogens is 341 g/mol. The molecule has 4 heteroatoms. The Morgan fingerprint density at radius 3 is 1.96 bits per heavy atom. The second-order valence-corrected chi connectivity index (χ2v) is 8.91. The van der Waals surface area contributed by atoms with Crippen molar-refractivity contribution in [2.75, 3.05) is 0 Å². The summed E-state index contributed by atoms with van der Waals surface area (Å²) in [7, 11) is 0. The van der Waals surface area contributed by atoms with Crippen molar-refractivity contribution in [3.63, 3.8) is 0 Å². The van der Waals surface area contributed by atoms with E-state index in [-0.39, 0.29) is 11.6 Å². The maximum absolute atomic E-state index is 14.4. The predicted octanol–water partition coefficient (Wildman–Crippen LogP) is 7.39. The molecule has 0 saturated heterocycles. The molecule has 0 atom stereocenters. The smallest absolute Gasteiger partial charge is 0.258 e. The van der Waals surface area contributed by atoms with Gasteiger partial charge in [-0.1, -0.05) is 70.4 Å². The Kier molecular flexibility index (Phi) is 7.26. The number of nitro benzene ring substituents is 1. The van der Waals surface area contributed by atoms with E-state index >= 15 is 0 Å². The third-order valence-electron chi connectivity index (χ3n) is 7.14. The summed E-state index contributed by atoms with van der Waals surface area (Å²) in [5, 5.41) is 11.0. The number of hydrogen-bond acceptors (Lipinski definition) is 2. The van der Waals surface area contributed by atoms with Crippen LogP contribution in [0.4, 0.5) is 10.1 Å². The lowest BCUT2D eigenvalue weighted by Gasteiger charge is -2.32. The Morgan fingerprint density at radius 2 is 1.44 bits per heavy atom. The van der Waals surface area contributed by atoms with Gasteiger partial charge >= 0.3 is 5.69 Å². The van der Waals surface area contributed by atoms with Gasteiger partial charge < -0.3 is 0 Å². The van der Waals surface area contributed by atoms with Crippen LogP contribution in [0.1, 0.15) is 95.5 Å². The number of benzene rings is 1. The highest BCUT2D eigenvalue weighted by molar-refractivity contribution is 5.38. The summed E-state index contributed by atoms with van der Waals surface area (Å²) in [6.45, 7) is 2.29. The lowest BCUT2D eigenvalue weighted by molar-refractivity contribution is -0.387. The van der Waals surface area contributed by atoms with E-state index in [2.05, 4.69) is 6.92 Å². The Labute approximate surface area is 162 Å². The highest BCUT2D eigenvalue weighted by Crippen LogP contribution is 2.41. The zero-order valence-corrected chi connectivity index (χ0v) is 16.7. The number of rotatable bonds is 7. The van der Waals surface area contributed by atoms with Crippen LogP contribution in [0.25, 0.3) is 0 Å². The Morgan fingerprint density at radius 1 is 0.926 bits per heavy atom. The second kappa shape index (κ2) is 9.66. The van der Waals surface area contributed by atoms with Gasteiger partial charge in [0.15, 0.2) is 0 Å². The van der Waals surface area contributed by atoms with E-state index in [1.165, 1.54) is 57.4 Å². The Balaban J connectivity index is 1.43. The highest BCUT2D eigenvalue weighted by atomic mass is 19.1. The van der Waals surface area contributed by atoms with Crippen LogP contribution in [0, 0.1) is 33.7 Å². The first-order valence-corrected chi connectivity index (χ1v) is 11.0. The van der Waals surface area contributed by atoms with Crippen LogP contribution in [-0.4, -0.2) is 4.92 Å². The van der Waals surface area contributed by atoms with Crippen LogP contribution in [0.3, 0.4) is 0 Å². The van der Waals surface area contributed by atoms with E-state index in [1.54, 1.807) is 12.1 Å². The van der Waals surface area contributed by atoms with Gasteiger partial charge in [-0.3, -0.25) is 10.1 Å². The molecular formula is C23H34FNO2. The normalized spacial score (nSPS) is 28.8. The Bertz CT molecular complexity index is 617. The fourth-order valence-electron chi connectivity index (χ4n) is 5.44. The van der Waals surface area contributed by atoms with Crippen LogP contribution >= 0.6 is 0 Å². The summed E-state index contributed by atoms with van der Waals surface area (Å²) in [5.74, 6) is 2.19. The molecule has 27 heavy (non-hydrogen) atoms. The van der Waals surface area contributed by atoms with Gasteiger partial charge in [-0.25, -0.2) is 0 Å². The van der Waals surface area contributed by atoms with Crippen molar-refractivity contribution in [2.24, 2.45) is 17.8 Å². The van der Waals surface area contributed by atoms with E-state index in [0.717, 1.165) is 43.4 Å². The van der Waals surface area contributed by atoms with Crippen LogP contribution in [0.5, 0.6) is 0 Å². The van der Waals surface area contributed by atoms with E-state index in [1.807, 2.05) is 0 Å². The van der Waals surface area contributed by atoms with E-state index in [4.69, 9.17) is 0 Å². The van der Waals surface area contributed by atoms with Gasteiger partial charge in [0.2, 0.25) is 5.82 Å². The first-order valence-electron chi connectivity index (χ1n) is 11.0. The van der Waals surface area contributed by atoms with Gasteiger partial charge in [0.05, 0.1) is 4.92 Å². The summed E-state index contributed by atoms with van der Waals surface area (Å²) in [6, 6.07) is 4.62. The molecule has 0 radical (unpaired) electrons. The molecule has 3 rings (SSSR count). The third kappa shape index (κ3) is 5.30. The van der Waals surface area contributed by atoms with Crippen molar-refractivity contribution < 1.29 is 9.31 Å². The largest absolute Gasteiger partial charge is 0.305 e. The molecule has 0 aliphatic heterocycles. The second-order valence-electron chi connectivity index (χ2n) is 8.91. The lowest BCUT2D eigenvalue weighted by Crippen LogP contribution is -2.18. The minimum absolute atomic E-state index is 0.144. The first kappa shape index (κ1) is 20.3. The van der Waals surface area contributed by atoms with Gasteiger partial charge in [-0.15, -0.1) is 0 Å². The van der Waals surface area contributed by atoms with Crippen LogP contribution in [0.15, 0.2) is 18.2 Å². The molecule has 0 heterocycles. The summed E-state index contributed by atoms with van der Waals surface area (Å²) in [5.41, 5.74) is 0.171. The summed E-state index contributed by atoms with van der Waals surface area (Å²) >= 11 is 0. The Hall–Kier alpha value is -1.45. The zero-order chi connectivity index (χ0) is 19.2. The van der Waals surface area contributed by atoms with Crippen LogP contribution in [0.2, 0.25) is 0 Å². The molecule has 2 fully saturated rings. The topological polar surface area (TPSA) is 43.1 Å². The number of hydrogen-bond donors (Lipinski definition) is 0. The molecule has 0 aromatic heterocycles. The molecule has 0 N–H and O–H groups in total. The van der Waals surface area contributed by atoms with Gasteiger partial charge in [-0.05, 0) is 54.9 Å². The molecule has 2 saturated carbocycles. The van der Waals surface area contributed by atoms with Gasteiger partial charge in [-0.2, -0.15) is 4.39 Å². The molecule has 3 nitrogen and oxygen atoms in total. The standard InChI is InChI=1S/C23H34FNO2/c1-2-4-17-7-9-18(10-8-17)11-12-19-13-15-20(16-14-19)21-5-3-6-22(23(21)24)25(26)27/h3,5-6,17-20H,2,4,7-16H2,1H3. The van der Waals surface area contributed by atoms with Crippen molar-refractivity contribution in [3.8, 4) is 0 Å². The summed E-state index contributed by atoms with van der Waals surface area (Å²) in [4.78, 5) is 10.4. The van der Waals surface area contributed by atoms with E-state index in [9.17, 15) is 14.5 Å². The summed E-state index contributed by atoms with van der Waals surface area (Å²) < 4.78 is 14.4. The SMILES string of the molecule is CCCC1CCC(CCC2CCC(c3cccc([N+](=O)[O-])c3F)CC2)CC1. The maximum atomic E-state index is 14.4. The highest BCUT2D eigenvalue weighted by Gasteiger charge is 2.28. The fraction of sp³-hybridized carbons (Fsp3) is 0.739. The lowest BCUT2D eigenvalue weighted by atomic mass is 9.74. The molecule has 0 unspecified atom stereocenters. The number of nitro groups is 1. The molecule has 1 aromatic carbocycles. The molecule has 2 aliphatic rings. The predicted molar refractivity (Wildman–Crippen MR) is 107 cm³/mol. The van der Waals surface area contributed by atoms with E-state index in [0.29, 0.717) is 5.56 Å². The fourth-order valence-corrected chi connectivity index (χ4v) is 5.44. The van der Waals surface area contributed by atoms with Gasteiger partial charge in [0.25, 0.3) is 0 Å². The average Bonchev–Trinajstić information content (AvgIpc) is 2.68. The molecule has 0 spiro atoms. The van der Waals surface area contributed by atoms with Crippen molar-refractivity contribution in [1.82, 2.24) is 0 Å². The molecule has 0 amide bonds. The van der Waals surface area contributed by atoms with Gasteiger partial charge in [0, 0.05) is 6.07 Å². The summed E-state index contributed by atoms with van der Waals surface area (Å²) in [6.07, 6.45) is 15.3. The monoisotopic (exact) mass is 375 g/mol. The molecule has 2 aliphatic carbocycles. The minimum Gasteiger partial charge on any atom is -0.258 e. The molecule has 150 valence electrons. The van der Waals surface area contributed by atoms with Crippen molar-refractivity contribution in [2.45, 2.75) is 89.9 Å². The zero-order valence-electron chi connectivity index (χ0n) is 16.7. The molecule has 0 bridgehead atoms.